The van der Waals surface area contributed by atoms with E-state index in [2.05, 4.69) is 20.7 Å². The van der Waals surface area contributed by atoms with Gasteiger partial charge in [-0.15, -0.1) is 0 Å². The Morgan fingerprint density at radius 2 is 2.06 bits per heavy atom. The van der Waals surface area contributed by atoms with Gasteiger partial charge in [0.2, 0.25) is 11.9 Å². The molecule has 1 fully saturated rings. The smallest absolute Gasteiger partial charge is 0.322 e. The zero-order chi connectivity index (χ0) is 25.2. The molecule has 2 N–H and O–H groups in total. The third-order valence-electron chi connectivity index (χ3n) is 5.89. The van der Waals surface area contributed by atoms with Gasteiger partial charge in [-0.05, 0) is 45.1 Å². The van der Waals surface area contributed by atoms with Crippen molar-refractivity contribution in [2.75, 3.05) is 36.2 Å². The number of nitrogens with zero attached hydrogens (tertiary/aromatic N) is 7. The van der Waals surface area contributed by atoms with Gasteiger partial charge < -0.3 is 20.4 Å². The van der Waals surface area contributed by atoms with Crippen LogP contribution < -0.4 is 15.5 Å². The molecular weight excluding hydrogens is 458 g/mol. The molecule has 11 heteroatoms. The highest BCUT2D eigenvalue weighted by molar-refractivity contribution is 6.03. The van der Waals surface area contributed by atoms with Crippen molar-refractivity contribution in [1.29, 1.82) is 0 Å². The summed E-state index contributed by atoms with van der Waals surface area (Å²) in [6.45, 7) is 1.13. The van der Waals surface area contributed by atoms with Crippen LogP contribution in [0.1, 0.15) is 18.4 Å². The second-order valence-corrected chi connectivity index (χ2v) is 9.25. The summed E-state index contributed by atoms with van der Waals surface area (Å²) in [4.78, 5) is 40.6. The number of aromatic nitrogens is 4. The van der Waals surface area contributed by atoms with Crippen LogP contribution in [0.4, 0.5) is 33.6 Å². The number of aryl methyl sites for hydroxylation is 1. The van der Waals surface area contributed by atoms with Gasteiger partial charge in [0.15, 0.2) is 5.82 Å². The summed E-state index contributed by atoms with van der Waals surface area (Å²) in [6, 6.07) is 7.33. The minimum Gasteiger partial charge on any atom is -0.322 e. The lowest BCUT2D eigenvalue weighted by molar-refractivity contribution is -0.111. The number of carbonyl (C=O) groups excluding carboxylic acids is 2. The molecule has 0 bridgehead atoms. The van der Waals surface area contributed by atoms with Crippen LogP contribution in [0.2, 0.25) is 0 Å². The number of hydrogen-bond donors (Lipinski definition) is 2. The molecule has 2 aromatic heterocycles. The molecule has 1 aliphatic carbocycles. The Balaban J connectivity index is 1.45. The average molecular weight is 488 g/mol. The number of anilines is 5. The van der Waals surface area contributed by atoms with E-state index in [1.165, 1.54) is 6.08 Å². The van der Waals surface area contributed by atoms with Crippen LogP contribution in [0, 0.1) is 0 Å². The maximum atomic E-state index is 13.6. The summed E-state index contributed by atoms with van der Waals surface area (Å²) in [5.41, 5.74) is 2.82. The third-order valence-corrected chi connectivity index (χ3v) is 5.89. The van der Waals surface area contributed by atoms with E-state index < -0.39 is 0 Å². The van der Waals surface area contributed by atoms with E-state index in [0.29, 0.717) is 36.2 Å². The van der Waals surface area contributed by atoms with E-state index in [1.807, 2.05) is 49.3 Å². The van der Waals surface area contributed by atoms with Gasteiger partial charge in [0.1, 0.15) is 0 Å². The van der Waals surface area contributed by atoms with Crippen LogP contribution in [-0.4, -0.2) is 68.2 Å². The van der Waals surface area contributed by atoms with Gasteiger partial charge in [-0.2, -0.15) is 10.1 Å². The van der Waals surface area contributed by atoms with Crippen molar-refractivity contribution in [2.24, 2.45) is 7.05 Å². The molecule has 2 aliphatic rings. The first-order valence-electron chi connectivity index (χ1n) is 11.8. The van der Waals surface area contributed by atoms with E-state index >= 15 is 0 Å². The largest absolute Gasteiger partial charge is 0.330 e. The SMILES string of the molecule is CN(C)C/C=C/C(=O)Nc1cccc(N2C(=O)N(C3CC3)Cc3cnc(Nc4cnn(C)c4)nc32)c1. The standard InChI is InChI=1S/C25H29N9O2/c1-31(2)11-5-8-22(35)28-18-6-4-7-21(12-18)34-23-17(15-33(25(34)36)20-9-10-20)13-26-24(30-23)29-19-14-27-32(3)16-19/h4-8,12-14,16,20H,9-11,15H2,1-3H3,(H,28,35)(H,26,29,30)/b8-5+. The van der Waals surface area contributed by atoms with Crippen molar-refractivity contribution in [3.63, 3.8) is 0 Å². The zero-order valence-corrected chi connectivity index (χ0v) is 20.5. The first-order chi connectivity index (χ1) is 17.4. The second kappa shape index (κ2) is 9.78. The predicted molar refractivity (Wildman–Crippen MR) is 137 cm³/mol. The van der Waals surface area contributed by atoms with Crippen LogP contribution in [-0.2, 0) is 18.4 Å². The van der Waals surface area contributed by atoms with Gasteiger partial charge in [-0.1, -0.05) is 12.1 Å². The fraction of sp³-hybridized carbons (Fsp3) is 0.320. The fourth-order valence-corrected chi connectivity index (χ4v) is 4.03. The Kier molecular flexibility index (Phi) is 6.38. The Labute approximate surface area is 209 Å². The topological polar surface area (TPSA) is 112 Å². The quantitative estimate of drug-likeness (QED) is 0.469. The van der Waals surface area contributed by atoms with E-state index in [0.717, 1.165) is 24.1 Å². The van der Waals surface area contributed by atoms with E-state index in [9.17, 15) is 9.59 Å². The number of likely N-dealkylation sites (N-methyl/N-ethyl adjacent to an activating group) is 1. The van der Waals surface area contributed by atoms with E-state index in [4.69, 9.17) is 4.98 Å². The fourth-order valence-electron chi connectivity index (χ4n) is 4.03. The molecule has 36 heavy (non-hydrogen) atoms. The van der Waals surface area contributed by atoms with Crippen LogP contribution in [0.5, 0.6) is 0 Å². The average Bonchev–Trinajstić information content (AvgIpc) is 3.60. The van der Waals surface area contributed by atoms with Gasteiger partial charge >= 0.3 is 6.03 Å². The van der Waals surface area contributed by atoms with E-state index in [1.54, 1.807) is 40.2 Å². The van der Waals surface area contributed by atoms with Crippen molar-refractivity contribution >= 4 is 40.8 Å². The van der Waals surface area contributed by atoms with Gasteiger partial charge in [0.05, 0.1) is 24.1 Å². The highest BCUT2D eigenvalue weighted by Gasteiger charge is 2.41. The minimum absolute atomic E-state index is 0.134. The monoisotopic (exact) mass is 487 g/mol. The normalized spacial score (nSPS) is 15.5. The van der Waals surface area contributed by atoms with Gasteiger partial charge in [0.25, 0.3) is 0 Å². The molecule has 11 nitrogen and oxygen atoms in total. The molecule has 0 radical (unpaired) electrons. The number of urea groups is 1. The number of nitrogens with one attached hydrogen (secondary N) is 2. The Hall–Kier alpha value is -4.25. The second-order valence-electron chi connectivity index (χ2n) is 9.25. The number of fused-ring (bicyclic) bond motifs is 1. The van der Waals surface area contributed by atoms with Crippen molar-refractivity contribution < 1.29 is 9.59 Å². The predicted octanol–water partition coefficient (Wildman–Crippen LogP) is 3.25. The van der Waals surface area contributed by atoms with Crippen molar-refractivity contribution in [3.8, 4) is 0 Å². The zero-order valence-electron chi connectivity index (χ0n) is 20.5. The van der Waals surface area contributed by atoms with Gasteiger partial charge in [0, 0.05) is 49.4 Å². The number of amides is 3. The molecule has 5 rings (SSSR count). The lowest BCUT2D eigenvalue weighted by Gasteiger charge is -2.36. The highest BCUT2D eigenvalue weighted by atomic mass is 16.2. The molecule has 0 atom stereocenters. The molecule has 0 unspecified atom stereocenters. The minimum atomic E-state index is -0.232. The van der Waals surface area contributed by atoms with Crippen molar-refractivity contribution in [2.45, 2.75) is 25.4 Å². The lowest BCUT2D eigenvalue weighted by atomic mass is 10.1. The Morgan fingerprint density at radius 1 is 1.22 bits per heavy atom. The van der Waals surface area contributed by atoms with E-state index in [-0.39, 0.29) is 18.0 Å². The Bertz CT molecular complexity index is 1310. The lowest BCUT2D eigenvalue weighted by Crippen LogP contribution is -2.46. The molecule has 186 valence electrons. The molecule has 0 saturated heterocycles. The number of benzene rings is 1. The number of carbonyl (C=O) groups is 2. The first kappa shape index (κ1) is 23.5. The summed E-state index contributed by atoms with van der Waals surface area (Å²) < 4.78 is 1.68. The maximum absolute atomic E-state index is 13.6. The molecule has 3 heterocycles. The molecule has 3 aromatic rings. The van der Waals surface area contributed by atoms with Crippen molar-refractivity contribution in [1.82, 2.24) is 29.5 Å². The van der Waals surface area contributed by atoms with Crippen LogP contribution in [0.25, 0.3) is 0 Å². The summed E-state index contributed by atoms with van der Waals surface area (Å²) in [5, 5.41) is 10.2. The molecule has 1 aromatic carbocycles. The van der Waals surface area contributed by atoms with Crippen LogP contribution >= 0.6 is 0 Å². The maximum Gasteiger partial charge on any atom is 0.330 e. The van der Waals surface area contributed by atoms with Crippen LogP contribution in [0.3, 0.4) is 0 Å². The summed E-state index contributed by atoms with van der Waals surface area (Å²) >= 11 is 0. The molecular formula is C25H29N9O2. The first-order valence-corrected chi connectivity index (χ1v) is 11.8. The highest BCUT2D eigenvalue weighted by Crippen LogP contribution is 2.39. The summed E-state index contributed by atoms with van der Waals surface area (Å²) in [5.74, 6) is 0.659. The molecule has 1 saturated carbocycles. The number of rotatable bonds is 8. The van der Waals surface area contributed by atoms with Gasteiger partial charge in [-0.3, -0.25) is 9.48 Å². The molecule has 1 aliphatic heterocycles. The third kappa shape index (κ3) is 5.20. The summed E-state index contributed by atoms with van der Waals surface area (Å²) in [6.07, 6.45) is 10.5. The number of hydrogen-bond acceptors (Lipinski definition) is 7. The molecule has 3 amide bonds. The van der Waals surface area contributed by atoms with Crippen LogP contribution in [0.15, 0.2) is 55.0 Å². The van der Waals surface area contributed by atoms with Gasteiger partial charge in [-0.25, -0.2) is 14.7 Å². The molecule has 0 spiro atoms. The van der Waals surface area contributed by atoms with Crippen molar-refractivity contribution in [3.05, 3.63) is 60.6 Å². The Morgan fingerprint density at radius 3 is 2.78 bits per heavy atom. The summed E-state index contributed by atoms with van der Waals surface area (Å²) in [7, 11) is 5.70.